The molecule has 2 aromatic carbocycles. The predicted octanol–water partition coefficient (Wildman–Crippen LogP) is 7.49. The third kappa shape index (κ3) is 5.63. The number of phenolic OH excluding ortho intramolecular Hbond substituents is 1. The molecule has 0 bridgehead atoms. The Labute approximate surface area is 193 Å². The maximum Gasteiger partial charge on any atom is 0.257 e. The Kier molecular flexibility index (Phi) is 8.59. The zero-order valence-electron chi connectivity index (χ0n) is 20.3. The molecule has 0 atom stereocenters. The summed E-state index contributed by atoms with van der Waals surface area (Å²) in [4.78, 5) is 14.7. The second kappa shape index (κ2) is 10.5. The topological polar surface area (TPSA) is 40.5 Å². The van der Waals surface area contributed by atoms with Crippen molar-refractivity contribution in [3.05, 3.63) is 62.7 Å². The molecule has 31 heavy (non-hydrogen) atoms. The Hall–Kier alpha value is -2.00. The van der Waals surface area contributed by atoms with Crippen molar-refractivity contribution in [3.8, 4) is 5.75 Å². The van der Waals surface area contributed by atoms with E-state index in [1.165, 1.54) is 22.3 Å². The quantitative estimate of drug-likeness (QED) is 0.459. The first-order valence-electron chi connectivity index (χ1n) is 11.5. The van der Waals surface area contributed by atoms with Gasteiger partial charge in [-0.2, -0.15) is 0 Å². The van der Waals surface area contributed by atoms with E-state index < -0.39 is 0 Å². The zero-order chi connectivity index (χ0) is 23.5. The average molecular weight is 444 g/mol. The molecular weight excluding hydrogens is 406 g/mol. The van der Waals surface area contributed by atoms with Crippen LogP contribution in [0.15, 0.2) is 24.3 Å². The second-order valence-corrected chi connectivity index (χ2v) is 9.68. The molecule has 0 aliphatic rings. The lowest BCUT2D eigenvalue weighted by Crippen LogP contribution is -2.30. The van der Waals surface area contributed by atoms with Crippen LogP contribution in [0.25, 0.3) is 0 Å². The molecule has 0 spiro atoms. The molecule has 170 valence electrons. The molecular formula is C27H38ClNO2. The molecule has 0 aromatic heterocycles. The Balaban J connectivity index is 2.64. The van der Waals surface area contributed by atoms with Gasteiger partial charge in [-0.25, -0.2) is 0 Å². The van der Waals surface area contributed by atoms with Crippen molar-refractivity contribution in [2.24, 2.45) is 0 Å². The number of carbonyl (C=O) groups is 1. The highest BCUT2D eigenvalue weighted by atomic mass is 35.5. The maximum absolute atomic E-state index is 13.0. The predicted molar refractivity (Wildman–Crippen MR) is 132 cm³/mol. The number of halogens is 1. The second-order valence-electron chi connectivity index (χ2n) is 9.27. The molecule has 0 unspecified atom stereocenters. The molecule has 0 aliphatic carbocycles. The molecule has 1 amide bonds. The summed E-state index contributed by atoms with van der Waals surface area (Å²) in [5.74, 6) is 0.914. The van der Waals surface area contributed by atoms with Crippen molar-refractivity contribution in [3.63, 3.8) is 0 Å². The van der Waals surface area contributed by atoms with Gasteiger partial charge in [0.15, 0.2) is 0 Å². The molecule has 1 N–H and O–H groups in total. The SMILES string of the molecule is CCN(CC)C(=O)c1cc(Cc2c(C(C)C)cc(C(C)C)cc2C(C)C)cc(Cl)c1O. The average Bonchev–Trinajstić information content (AvgIpc) is 2.70. The number of benzene rings is 2. The summed E-state index contributed by atoms with van der Waals surface area (Å²) < 4.78 is 0. The van der Waals surface area contributed by atoms with E-state index in [1.807, 2.05) is 19.9 Å². The Morgan fingerprint density at radius 3 is 1.84 bits per heavy atom. The van der Waals surface area contributed by atoms with Crippen molar-refractivity contribution >= 4 is 17.5 Å². The van der Waals surface area contributed by atoms with E-state index in [1.54, 1.807) is 11.0 Å². The van der Waals surface area contributed by atoms with E-state index in [2.05, 4.69) is 53.7 Å². The number of amides is 1. The first kappa shape index (κ1) is 25.3. The molecule has 2 aromatic rings. The van der Waals surface area contributed by atoms with Gasteiger partial charge in [0.2, 0.25) is 0 Å². The fourth-order valence-electron chi connectivity index (χ4n) is 4.11. The number of rotatable bonds is 8. The van der Waals surface area contributed by atoms with Crippen LogP contribution in [-0.4, -0.2) is 29.0 Å². The van der Waals surface area contributed by atoms with E-state index >= 15 is 0 Å². The minimum absolute atomic E-state index is 0.134. The lowest BCUT2D eigenvalue weighted by molar-refractivity contribution is 0.0770. The summed E-state index contributed by atoms with van der Waals surface area (Å²) in [6, 6.07) is 8.27. The first-order chi connectivity index (χ1) is 14.5. The smallest absolute Gasteiger partial charge is 0.257 e. The van der Waals surface area contributed by atoms with Crippen molar-refractivity contribution in [1.82, 2.24) is 4.90 Å². The van der Waals surface area contributed by atoms with Gasteiger partial charge in [0.05, 0.1) is 10.6 Å². The summed E-state index contributed by atoms with van der Waals surface area (Å²) >= 11 is 6.37. The van der Waals surface area contributed by atoms with Crippen LogP contribution in [0.1, 0.15) is 111 Å². The first-order valence-corrected chi connectivity index (χ1v) is 11.9. The molecule has 0 radical (unpaired) electrons. The number of phenols is 1. The lowest BCUT2D eigenvalue weighted by atomic mass is 9.82. The minimum Gasteiger partial charge on any atom is -0.506 e. The van der Waals surface area contributed by atoms with Crippen LogP contribution in [-0.2, 0) is 6.42 Å². The van der Waals surface area contributed by atoms with Gasteiger partial charge in [-0.05, 0) is 78.0 Å². The van der Waals surface area contributed by atoms with E-state index in [9.17, 15) is 9.90 Å². The van der Waals surface area contributed by atoms with Crippen LogP contribution in [0.5, 0.6) is 5.75 Å². The molecule has 0 saturated carbocycles. The standard InChI is InChI=1S/C27H38ClNO2/c1-9-29(10-2)27(31)24-12-19(13-25(28)26(24)30)11-23-21(17(5)6)14-20(16(3)4)15-22(23)18(7)8/h12-18,30H,9-11H2,1-8H3. The van der Waals surface area contributed by atoms with Crippen LogP contribution in [0.4, 0.5) is 0 Å². The minimum atomic E-state index is -0.186. The van der Waals surface area contributed by atoms with Crippen LogP contribution >= 0.6 is 11.6 Å². The van der Waals surface area contributed by atoms with Crippen LogP contribution in [0.3, 0.4) is 0 Å². The summed E-state index contributed by atoms with van der Waals surface area (Å²) in [5.41, 5.74) is 6.57. The molecule has 0 saturated heterocycles. The highest BCUT2D eigenvalue weighted by molar-refractivity contribution is 6.32. The van der Waals surface area contributed by atoms with Gasteiger partial charge in [0, 0.05) is 13.1 Å². The van der Waals surface area contributed by atoms with E-state index in [-0.39, 0.29) is 22.2 Å². The molecule has 2 rings (SSSR count). The largest absolute Gasteiger partial charge is 0.506 e. The summed E-state index contributed by atoms with van der Waals surface area (Å²) in [6.45, 7) is 18.4. The molecule has 0 fully saturated rings. The van der Waals surface area contributed by atoms with Gasteiger partial charge in [0.25, 0.3) is 5.91 Å². The van der Waals surface area contributed by atoms with E-state index in [4.69, 9.17) is 11.6 Å². The summed E-state index contributed by atoms with van der Waals surface area (Å²) in [7, 11) is 0. The fourth-order valence-corrected chi connectivity index (χ4v) is 4.36. The van der Waals surface area contributed by atoms with Gasteiger partial charge in [-0.3, -0.25) is 4.79 Å². The number of nitrogens with zero attached hydrogens (tertiary/aromatic N) is 1. The summed E-state index contributed by atoms with van der Waals surface area (Å²) in [5, 5.41) is 10.7. The van der Waals surface area contributed by atoms with Gasteiger partial charge < -0.3 is 10.0 Å². The third-order valence-corrected chi connectivity index (χ3v) is 6.33. The van der Waals surface area contributed by atoms with Crippen molar-refractivity contribution in [1.29, 1.82) is 0 Å². The highest BCUT2D eigenvalue weighted by Gasteiger charge is 2.22. The lowest BCUT2D eigenvalue weighted by Gasteiger charge is -2.24. The van der Waals surface area contributed by atoms with Crippen molar-refractivity contribution in [2.75, 3.05) is 13.1 Å². The Bertz CT molecular complexity index is 898. The Morgan fingerprint density at radius 2 is 1.42 bits per heavy atom. The maximum atomic E-state index is 13.0. The van der Waals surface area contributed by atoms with Crippen LogP contribution in [0, 0.1) is 0 Å². The van der Waals surface area contributed by atoms with Gasteiger partial charge >= 0.3 is 0 Å². The molecule has 4 heteroatoms. The fraction of sp³-hybridized carbons (Fsp3) is 0.519. The number of hydrogen-bond donors (Lipinski definition) is 1. The number of carbonyl (C=O) groups excluding carboxylic acids is 1. The van der Waals surface area contributed by atoms with Crippen LogP contribution in [0.2, 0.25) is 5.02 Å². The monoisotopic (exact) mass is 443 g/mol. The number of hydrogen-bond acceptors (Lipinski definition) is 2. The molecule has 0 heterocycles. The highest BCUT2D eigenvalue weighted by Crippen LogP contribution is 2.36. The zero-order valence-corrected chi connectivity index (χ0v) is 21.1. The Morgan fingerprint density at radius 1 is 0.903 bits per heavy atom. The van der Waals surface area contributed by atoms with E-state index in [0.717, 1.165) is 5.56 Å². The van der Waals surface area contributed by atoms with Gasteiger partial charge in [-0.1, -0.05) is 65.3 Å². The number of aromatic hydroxyl groups is 1. The van der Waals surface area contributed by atoms with Crippen LogP contribution < -0.4 is 0 Å². The van der Waals surface area contributed by atoms with Gasteiger partial charge in [0.1, 0.15) is 5.75 Å². The van der Waals surface area contributed by atoms with Crippen molar-refractivity contribution < 1.29 is 9.90 Å². The molecule has 0 aliphatic heterocycles. The molecule has 3 nitrogen and oxygen atoms in total. The van der Waals surface area contributed by atoms with Crippen molar-refractivity contribution in [2.45, 2.75) is 79.6 Å². The van der Waals surface area contributed by atoms with E-state index in [0.29, 0.717) is 37.3 Å². The summed E-state index contributed by atoms with van der Waals surface area (Å²) in [6.07, 6.45) is 0.679. The third-order valence-electron chi connectivity index (χ3n) is 6.04. The normalized spacial score (nSPS) is 11.6. The van der Waals surface area contributed by atoms with Gasteiger partial charge in [-0.15, -0.1) is 0 Å².